The topological polar surface area (TPSA) is 96.4 Å². The molecule has 1 aromatic heterocycles. The first-order valence-electron chi connectivity index (χ1n) is 5.59. The van der Waals surface area contributed by atoms with Gasteiger partial charge in [0.1, 0.15) is 12.6 Å². The second kappa shape index (κ2) is 7.89. The number of carbonyl (C=O) groups excluding carboxylic acids is 2. The molecule has 0 saturated carbocycles. The first-order chi connectivity index (χ1) is 9.19. The van der Waals surface area contributed by atoms with Crippen LogP contribution in [0.4, 0.5) is 0 Å². The Hall–Kier alpha value is -2.33. The molecule has 0 spiro atoms. The number of aromatic nitrogens is 2. The van der Waals surface area contributed by atoms with E-state index in [1.807, 2.05) is 0 Å². The van der Waals surface area contributed by atoms with Gasteiger partial charge < -0.3 is 19.8 Å². The monoisotopic (exact) mass is 265 g/mol. The zero-order chi connectivity index (χ0) is 14.1. The van der Waals surface area contributed by atoms with Crippen LogP contribution in [-0.2, 0) is 32.0 Å². The maximum Gasteiger partial charge on any atom is 0.324 e. The minimum Gasteiger partial charge on any atom is -0.466 e. The van der Waals surface area contributed by atoms with Gasteiger partial charge in [-0.05, 0) is 0 Å². The number of esters is 1. The van der Waals surface area contributed by atoms with Crippen LogP contribution < -0.4 is 5.73 Å². The fraction of sp³-hybridized carbons (Fsp3) is 0.417. The summed E-state index contributed by atoms with van der Waals surface area (Å²) >= 11 is 0. The highest BCUT2D eigenvalue weighted by molar-refractivity contribution is 5.75. The molecule has 0 radical (unpaired) electrons. The maximum atomic E-state index is 11.5. The van der Waals surface area contributed by atoms with Crippen molar-refractivity contribution in [2.24, 2.45) is 5.73 Å². The van der Waals surface area contributed by atoms with E-state index < -0.39 is 12.0 Å². The molecular formula is C12H15N3O4. The molecule has 1 atom stereocenters. The Labute approximate surface area is 110 Å². The first-order valence-corrected chi connectivity index (χ1v) is 5.59. The van der Waals surface area contributed by atoms with Gasteiger partial charge in [0.05, 0.1) is 12.9 Å². The van der Waals surface area contributed by atoms with Crippen LogP contribution in [-0.4, -0.2) is 41.2 Å². The summed E-state index contributed by atoms with van der Waals surface area (Å²) in [4.78, 5) is 25.5. The Morgan fingerprint density at radius 2 is 2.47 bits per heavy atom. The predicted octanol–water partition coefficient (Wildman–Crippen LogP) is -0.898. The predicted molar refractivity (Wildman–Crippen MR) is 65.7 cm³/mol. The Morgan fingerprint density at radius 3 is 3.16 bits per heavy atom. The Morgan fingerprint density at radius 1 is 1.68 bits per heavy atom. The van der Waals surface area contributed by atoms with Crippen LogP contribution in [0.15, 0.2) is 12.5 Å². The third-order valence-electron chi connectivity index (χ3n) is 2.35. The van der Waals surface area contributed by atoms with E-state index in [1.54, 1.807) is 17.1 Å². The Bertz CT molecular complexity index is 464. The van der Waals surface area contributed by atoms with Crippen LogP contribution in [0.25, 0.3) is 0 Å². The minimum absolute atomic E-state index is 0.0982. The number of rotatable bonds is 8. The second-order valence-electron chi connectivity index (χ2n) is 3.67. The average Bonchev–Trinajstić information content (AvgIpc) is 2.83. The van der Waals surface area contributed by atoms with E-state index in [9.17, 15) is 9.59 Å². The minimum atomic E-state index is -0.809. The van der Waals surface area contributed by atoms with E-state index in [0.29, 0.717) is 13.0 Å². The number of ether oxygens (including phenoxy) is 2. The van der Waals surface area contributed by atoms with Crippen LogP contribution in [0, 0.1) is 12.3 Å². The number of nitrogens with two attached hydrogens (primary N) is 1. The summed E-state index contributed by atoms with van der Waals surface area (Å²) < 4.78 is 11.1. The summed E-state index contributed by atoms with van der Waals surface area (Å²) in [5, 5.41) is 0. The summed E-state index contributed by atoms with van der Waals surface area (Å²) in [5.41, 5.74) is 6.45. The molecular weight excluding hydrogens is 250 g/mol. The molecule has 0 aromatic carbocycles. The van der Waals surface area contributed by atoms with Crippen LogP contribution in [0.1, 0.15) is 5.69 Å². The molecule has 1 rings (SSSR count). The van der Waals surface area contributed by atoms with Crippen molar-refractivity contribution in [3.8, 4) is 12.3 Å². The Balaban J connectivity index is 2.52. The lowest BCUT2D eigenvalue weighted by atomic mass is 10.2. The summed E-state index contributed by atoms with van der Waals surface area (Å²) in [6.07, 6.45) is 8.41. The molecule has 0 saturated heterocycles. The zero-order valence-corrected chi connectivity index (χ0v) is 10.3. The van der Waals surface area contributed by atoms with Gasteiger partial charge in [-0.2, -0.15) is 0 Å². The van der Waals surface area contributed by atoms with Crippen molar-refractivity contribution in [2.75, 3.05) is 13.2 Å². The fourth-order valence-electron chi connectivity index (χ4n) is 1.45. The lowest BCUT2D eigenvalue weighted by Gasteiger charge is -2.12. The number of nitrogens with zero attached hydrogens (tertiary/aromatic N) is 2. The number of hydrogen-bond acceptors (Lipinski definition) is 6. The molecule has 0 aliphatic heterocycles. The molecule has 102 valence electrons. The van der Waals surface area contributed by atoms with E-state index in [-0.39, 0.29) is 19.6 Å². The molecule has 2 N–H and O–H groups in total. The smallest absolute Gasteiger partial charge is 0.324 e. The summed E-state index contributed by atoms with van der Waals surface area (Å²) in [7, 11) is 0. The van der Waals surface area contributed by atoms with Gasteiger partial charge in [0.15, 0.2) is 6.61 Å². The van der Waals surface area contributed by atoms with E-state index in [2.05, 4.69) is 15.6 Å². The van der Waals surface area contributed by atoms with E-state index in [1.165, 1.54) is 0 Å². The number of terminal acetylenes is 1. The van der Waals surface area contributed by atoms with E-state index >= 15 is 0 Å². The number of hydrogen-bond donors (Lipinski definition) is 1. The van der Waals surface area contributed by atoms with Gasteiger partial charge in [0.25, 0.3) is 6.47 Å². The van der Waals surface area contributed by atoms with Crippen molar-refractivity contribution in [1.82, 2.24) is 9.55 Å². The van der Waals surface area contributed by atoms with Crippen molar-refractivity contribution >= 4 is 12.4 Å². The zero-order valence-electron chi connectivity index (χ0n) is 10.3. The van der Waals surface area contributed by atoms with Gasteiger partial charge in [0.2, 0.25) is 0 Å². The third-order valence-corrected chi connectivity index (χ3v) is 2.35. The summed E-state index contributed by atoms with van der Waals surface area (Å²) in [6, 6.07) is -0.809. The van der Waals surface area contributed by atoms with Crippen molar-refractivity contribution < 1.29 is 19.1 Å². The molecule has 0 bridgehead atoms. The molecule has 0 aliphatic carbocycles. The van der Waals surface area contributed by atoms with Gasteiger partial charge in [-0.15, -0.1) is 6.42 Å². The lowest BCUT2D eigenvalue weighted by Crippen LogP contribution is -2.35. The van der Waals surface area contributed by atoms with Crippen LogP contribution >= 0.6 is 0 Å². The number of imidazole rings is 1. The van der Waals surface area contributed by atoms with Crippen LogP contribution in [0.2, 0.25) is 0 Å². The van der Waals surface area contributed by atoms with Gasteiger partial charge >= 0.3 is 5.97 Å². The molecule has 0 amide bonds. The van der Waals surface area contributed by atoms with E-state index in [0.717, 1.165) is 5.69 Å². The lowest BCUT2D eigenvalue weighted by molar-refractivity contribution is -0.143. The summed E-state index contributed by atoms with van der Waals surface area (Å²) in [6.45, 7) is 0.947. The van der Waals surface area contributed by atoms with Crippen molar-refractivity contribution in [2.45, 2.75) is 19.0 Å². The Kier molecular flexibility index (Phi) is 6.12. The highest BCUT2D eigenvalue weighted by Crippen LogP contribution is 2.04. The van der Waals surface area contributed by atoms with Crippen molar-refractivity contribution in [1.29, 1.82) is 0 Å². The first kappa shape index (κ1) is 14.7. The largest absolute Gasteiger partial charge is 0.466 e. The highest BCUT2D eigenvalue weighted by atomic mass is 16.5. The van der Waals surface area contributed by atoms with Crippen LogP contribution in [0.5, 0.6) is 0 Å². The third kappa shape index (κ3) is 4.81. The maximum absolute atomic E-state index is 11.5. The van der Waals surface area contributed by atoms with Crippen molar-refractivity contribution in [3.05, 3.63) is 18.2 Å². The molecule has 1 heterocycles. The van der Waals surface area contributed by atoms with Gasteiger partial charge in [0, 0.05) is 18.3 Å². The normalized spacial score (nSPS) is 11.4. The fourth-order valence-corrected chi connectivity index (χ4v) is 1.45. The molecule has 19 heavy (non-hydrogen) atoms. The average molecular weight is 265 g/mol. The second-order valence-corrected chi connectivity index (χ2v) is 3.67. The molecule has 0 fully saturated rings. The summed E-state index contributed by atoms with van der Waals surface area (Å²) in [5.74, 6) is 1.63. The van der Waals surface area contributed by atoms with Crippen LogP contribution in [0.3, 0.4) is 0 Å². The standard InChI is InChI=1S/C12H15N3O4/c1-2-4-19-12(17)11(13)6-10-7-14-8-15(10)3-5-18-9-16/h1,7-9,11H,3-6,13H2. The van der Waals surface area contributed by atoms with E-state index in [4.69, 9.17) is 16.9 Å². The molecule has 7 heteroatoms. The molecule has 0 aliphatic rings. The number of carbonyl (C=O) groups is 2. The molecule has 1 unspecified atom stereocenters. The molecule has 1 aromatic rings. The molecule has 7 nitrogen and oxygen atoms in total. The van der Waals surface area contributed by atoms with Gasteiger partial charge in [-0.25, -0.2) is 4.98 Å². The quantitative estimate of drug-likeness (QED) is 0.283. The SMILES string of the molecule is C#CCOC(=O)C(N)Cc1cncn1CCOC=O. The highest BCUT2D eigenvalue weighted by Gasteiger charge is 2.17. The van der Waals surface area contributed by atoms with Gasteiger partial charge in [-0.3, -0.25) is 9.59 Å². The van der Waals surface area contributed by atoms with Gasteiger partial charge in [-0.1, -0.05) is 5.92 Å². The van der Waals surface area contributed by atoms with Crippen molar-refractivity contribution in [3.63, 3.8) is 0 Å².